The van der Waals surface area contributed by atoms with Crippen molar-refractivity contribution in [2.45, 2.75) is 51.8 Å². The zero-order valence-electron chi connectivity index (χ0n) is 17.6. The van der Waals surface area contributed by atoms with Crippen molar-refractivity contribution in [3.8, 4) is 0 Å². The van der Waals surface area contributed by atoms with E-state index >= 15 is 0 Å². The Labute approximate surface area is 187 Å². The third-order valence-electron chi connectivity index (χ3n) is 5.59. The zero-order valence-corrected chi connectivity index (χ0v) is 20.0. The summed E-state index contributed by atoms with van der Waals surface area (Å²) in [6, 6.07) is 11.8. The number of likely N-dealkylation sites (tertiary alicyclic amines) is 1. The standard InChI is InChI=1S/C22H36N4O.HI/c1-18(2)26(21-9-10-21)14-12-24-22(23-3)25-13-11-20(15-25)17-27-16-19-7-5-4-6-8-19;/h4-8,18,20-21H,9-17H2,1-3H3,(H,23,24);1H. The van der Waals surface area contributed by atoms with E-state index < -0.39 is 0 Å². The van der Waals surface area contributed by atoms with E-state index in [0.717, 1.165) is 44.8 Å². The van der Waals surface area contributed by atoms with Gasteiger partial charge in [-0.05, 0) is 38.7 Å². The molecule has 1 saturated heterocycles. The third-order valence-corrected chi connectivity index (χ3v) is 5.59. The van der Waals surface area contributed by atoms with E-state index in [1.165, 1.54) is 24.8 Å². The lowest BCUT2D eigenvalue weighted by atomic mass is 10.1. The molecule has 1 N–H and O–H groups in total. The van der Waals surface area contributed by atoms with Crippen LogP contribution in [0.2, 0.25) is 0 Å². The van der Waals surface area contributed by atoms with E-state index in [0.29, 0.717) is 18.6 Å². The second kappa shape index (κ2) is 12.0. The normalized spacial score (nSPS) is 20.0. The Balaban J connectivity index is 0.00000280. The van der Waals surface area contributed by atoms with Gasteiger partial charge in [-0.3, -0.25) is 9.89 Å². The summed E-state index contributed by atoms with van der Waals surface area (Å²) in [4.78, 5) is 9.50. The Morgan fingerprint density at radius 1 is 1.25 bits per heavy atom. The Kier molecular flexibility index (Phi) is 10.0. The van der Waals surface area contributed by atoms with Gasteiger partial charge in [0.05, 0.1) is 13.2 Å². The number of hydrogen-bond donors (Lipinski definition) is 1. The van der Waals surface area contributed by atoms with E-state index in [4.69, 9.17) is 4.74 Å². The van der Waals surface area contributed by atoms with Crippen LogP contribution >= 0.6 is 24.0 Å². The molecule has 1 saturated carbocycles. The number of benzene rings is 1. The van der Waals surface area contributed by atoms with Crippen molar-refractivity contribution < 1.29 is 4.74 Å². The largest absolute Gasteiger partial charge is 0.376 e. The molecule has 1 unspecified atom stereocenters. The highest BCUT2D eigenvalue weighted by atomic mass is 127. The summed E-state index contributed by atoms with van der Waals surface area (Å²) in [6.07, 6.45) is 3.91. The van der Waals surface area contributed by atoms with Crippen LogP contribution < -0.4 is 5.32 Å². The molecule has 0 bridgehead atoms. The minimum atomic E-state index is 0. The van der Waals surface area contributed by atoms with Crippen LogP contribution in [0.3, 0.4) is 0 Å². The fourth-order valence-corrected chi connectivity index (χ4v) is 3.98. The number of guanidine groups is 1. The van der Waals surface area contributed by atoms with Crippen LogP contribution in [0.15, 0.2) is 35.3 Å². The second-order valence-electron chi connectivity index (χ2n) is 8.14. The Bertz CT molecular complexity index is 589. The molecular weight excluding hydrogens is 463 g/mol. The molecule has 1 aromatic rings. The quantitative estimate of drug-likeness (QED) is 0.320. The average Bonchev–Trinajstić information content (AvgIpc) is 3.40. The van der Waals surface area contributed by atoms with Crippen LogP contribution in [0.4, 0.5) is 0 Å². The number of hydrogen-bond acceptors (Lipinski definition) is 3. The molecule has 1 aliphatic heterocycles. The van der Waals surface area contributed by atoms with Crippen molar-refractivity contribution in [2.75, 3.05) is 39.8 Å². The molecule has 0 spiro atoms. The minimum Gasteiger partial charge on any atom is -0.376 e. The van der Waals surface area contributed by atoms with Gasteiger partial charge in [-0.15, -0.1) is 24.0 Å². The molecule has 6 heteroatoms. The topological polar surface area (TPSA) is 40.1 Å². The van der Waals surface area contributed by atoms with Gasteiger partial charge in [0.15, 0.2) is 5.96 Å². The van der Waals surface area contributed by atoms with Crippen LogP contribution in [0.1, 0.15) is 38.7 Å². The summed E-state index contributed by atoms with van der Waals surface area (Å²) in [6.45, 7) is 10.3. The molecular formula is C22H37IN4O. The number of ether oxygens (including phenoxy) is 1. The summed E-state index contributed by atoms with van der Waals surface area (Å²) < 4.78 is 5.94. The number of nitrogens with zero attached hydrogens (tertiary/aromatic N) is 3. The van der Waals surface area contributed by atoms with E-state index in [9.17, 15) is 0 Å². The van der Waals surface area contributed by atoms with E-state index in [1.807, 2.05) is 13.1 Å². The van der Waals surface area contributed by atoms with Gasteiger partial charge in [0.1, 0.15) is 0 Å². The van der Waals surface area contributed by atoms with Crippen molar-refractivity contribution in [1.29, 1.82) is 0 Å². The first-order chi connectivity index (χ1) is 13.2. The molecule has 0 radical (unpaired) electrons. The Hall–Kier alpha value is -0.860. The summed E-state index contributed by atoms with van der Waals surface area (Å²) in [5.74, 6) is 1.63. The van der Waals surface area contributed by atoms with Gasteiger partial charge in [0.2, 0.25) is 0 Å². The maximum Gasteiger partial charge on any atom is 0.193 e. The highest BCUT2D eigenvalue weighted by Gasteiger charge is 2.30. The number of halogens is 1. The van der Waals surface area contributed by atoms with Gasteiger partial charge in [-0.25, -0.2) is 0 Å². The molecule has 0 aromatic heterocycles. The number of nitrogens with one attached hydrogen (secondary N) is 1. The van der Waals surface area contributed by atoms with Gasteiger partial charge in [0, 0.05) is 51.2 Å². The first kappa shape index (κ1) is 23.4. The lowest BCUT2D eigenvalue weighted by Crippen LogP contribution is -2.45. The van der Waals surface area contributed by atoms with E-state index in [-0.39, 0.29) is 24.0 Å². The second-order valence-corrected chi connectivity index (χ2v) is 8.14. The van der Waals surface area contributed by atoms with Crippen LogP contribution in [-0.4, -0.2) is 67.7 Å². The van der Waals surface area contributed by atoms with Gasteiger partial charge in [-0.1, -0.05) is 30.3 Å². The molecule has 5 nitrogen and oxygen atoms in total. The molecule has 0 amide bonds. The summed E-state index contributed by atoms with van der Waals surface area (Å²) >= 11 is 0. The predicted octanol–water partition coefficient (Wildman–Crippen LogP) is 3.59. The summed E-state index contributed by atoms with van der Waals surface area (Å²) in [5.41, 5.74) is 1.25. The van der Waals surface area contributed by atoms with Crippen LogP contribution in [0, 0.1) is 5.92 Å². The first-order valence-corrected chi connectivity index (χ1v) is 10.5. The fourth-order valence-electron chi connectivity index (χ4n) is 3.98. The molecule has 2 aliphatic rings. The van der Waals surface area contributed by atoms with Crippen LogP contribution in [0.5, 0.6) is 0 Å². The number of aliphatic imine (C=N–C) groups is 1. The van der Waals surface area contributed by atoms with Crippen molar-refractivity contribution in [3.63, 3.8) is 0 Å². The molecule has 3 rings (SSSR count). The molecule has 1 atom stereocenters. The molecule has 1 aromatic carbocycles. The van der Waals surface area contributed by atoms with Gasteiger partial charge < -0.3 is 15.0 Å². The molecule has 1 heterocycles. The number of rotatable bonds is 9. The summed E-state index contributed by atoms with van der Waals surface area (Å²) in [5, 5.41) is 3.58. The predicted molar refractivity (Wildman–Crippen MR) is 127 cm³/mol. The zero-order chi connectivity index (χ0) is 19.1. The van der Waals surface area contributed by atoms with Crippen molar-refractivity contribution >= 4 is 29.9 Å². The Morgan fingerprint density at radius 2 is 2.00 bits per heavy atom. The smallest absolute Gasteiger partial charge is 0.193 e. The maximum absolute atomic E-state index is 5.94. The van der Waals surface area contributed by atoms with Crippen LogP contribution in [0.25, 0.3) is 0 Å². The molecule has 2 fully saturated rings. The highest BCUT2D eigenvalue weighted by molar-refractivity contribution is 14.0. The first-order valence-electron chi connectivity index (χ1n) is 10.5. The molecule has 28 heavy (non-hydrogen) atoms. The van der Waals surface area contributed by atoms with E-state index in [1.54, 1.807) is 0 Å². The van der Waals surface area contributed by atoms with Crippen molar-refractivity contribution in [2.24, 2.45) is 10.9 Å². The van der Waals surface area contributed by atoms with Crippen LogP contribution in [-0.2, 0) is 11.3 Å². The van der Waals surface area contributed by atoms with E-state index in [2.05, 4.69) is 58.2 Å². The minimum absolute atomic E-state index is 0. The lowest BCUT2D eigenvalue weighted by molar-refractivity contribution is 0.0906. The monoisotopic (exact) mass is 500 g/mol. The average molecular weight is 500 g/mol. The maximum atomic E-state index is 5.94. The lowest BCUT2D eigenvalue weighted by Gasteiger charge is -2.28. The van der Waals surface area contributed by atoms with Crippen molar-refractivity contribution in [3.05, 3.63) is 35.9 Å². The fraction of sp³-hybridized carbons (Fsp3) is 0.682. The van der Waals surface area contributed by atoms with Gasteiger partial charge in [0.25, 0.3) is 0 Å². The third kappa shape index (κ3) is 7.19. The van der Waals surface area contributed by atoms with Gasteiger partial charge in [-0.2, -0.15) is 0 Å². The highest BCUT2D eigenvalue weighted by Crippen LogP contribution is 2.28. The van der Waals surface area contributed by atoms with Crippen molar-refractivity contribution in [1.82, 2.24) is 15.1 Å². The Morgan fingerprint density at radius 3 is 2.64 bits per heavy atom. The summed E-state index contributed by atoms with van der Waals surface area (Å²) in [7, 11) is 1.89. The molecule has 158 valence electrons. The SMILES string of the molecule is CN=C(NCCN(C(C)C)C1CC1)N1CCC(COCc2ccccc2)C1.I. The molecule has 1 aliphatic carbocycles. The van der Waals surface area contributed by atoms with Gasteiger partial charge >= 0.3 is 0 Å².